The van der Waals surface area contributed by atoms with E-state index in [1.54, 1.807) is 17.0 Å². The Morgan fingerprint density at radius 3 is 2.54 bits per heavy atom. The molecule has 3 unspecified atom stereocenters. The normalized spacial score (nSPS) is 22.5. The lowest BCUT2D eigenvalue weighted by atomic mass is 9.96. The van der Waals surface area contributed by atoms with Gasteiger partial charge in [0.25, 0.3) is 0 Å². The summed E-state index contributed by atoms with van der Waals surface area (Å²) in [6.45, 7) is 6.48. The second-order valence-electron chi connectivity index (χ2n) is 9.41. The van der Waals surface area contributed by atoms with E-state index in [9.17, 15) is 14.0 Å². The largest absolute Gasteiger partial charge is 0.493 e. The second kappa shape index (κ2) is 11.5. The molecule has 0 spiro atoms. The number of halogens is 1. The highest BCUT2D eigenvalue weighted by atomic mass is 19.1. The van der Waals surface area contributed by atoms with E-state index < -0.39 is 0 Å². The number of hydrogen-bond acceptors (Lipinski definition) is 5. The third-order valence-electron chi connectivity index (χ3n) is 6.45. The maximum absolute atomic E-state index is 14.9. The number of amides is 2. The third kappa shape index (κ3) is 6.72. The zero-order valence-electron chi connectivity index (χ0n) is 20.4. The van der Waals surface area contributed by atoms with Gasteiger partial charge in [-0.05, 0) is 57.0 Å². The van der Waals surface area contributed by atoms with Crippen molar-refractivity contribution in [2.75, 3.05) is 43.0 Å². The number of nitrogens with one attached hydrogen (secondary N) is 1. The van der Waals surface area contributed by atoms with Crippen LogP contribution in [0.4, 0.5) is 15.8 Å². The van der Waals surface area contributed by atoms with E-state index in [1.807, 2.05) is 49.1 Å². The standard InChI is InChI=1S/C27H34FN3O4/c1-19-16-31(17-20(2)35-19)25-11-10-22(15-24(25)28)29-27(33)21-7-6-13-30(18-21)26(32)12-14-34-23-8-4-3-5-9-23/h3-5,8-11,15,19-21H,6-7,12-14,16-18H2,1-2H3,(H,29,33). The van der Waals surface area contributed by atoms with E-state index >= 15 is 0 Å². The van der Waals surface area contributed by atoms with Crippen molar-refractivity contribution in [2.45, 2.75) is 45.3 Å². The quantitative estimate of drug-likeness (QED) is 0.643. The number of morpholine rings is 1. The van der Waals surface area contributed by atoms with Crippen LogP contribution in [0.25, 0.3) is 0 Å². The van der Waals surface area contributed by atoms with Gasteiger partial charge in [-0.25, -0.2) is 4.39 Å². The van der Waals surface area contributed by atoms with Gasteiger partial charge in [-0.2, -0.15) is 0 Å². The number of carbonyl (C=O) groups is 2. The summed E-state index contributed by atoms with van der Waals surface area (Å²) in [5.41, 5.74) is 0.933. The van der Waals surface area contributed by atoms with Crippen LogP contribution in [-0.2, 0) is 14.3 Å². The van der Waals surface area contributed by atoms with Gasteiger partial charge in [0, 0.05) is 31.9 Å². The van der Waals surface area contributed by atoms with E-state index in [2.05, 4.69) is 5.32 Å². The van der Waals surface area contributed by atoms with Gasteiger partial charge in [-0.1, -0.05) is 18.2 Å². The van der Waals surface area contributed by atoms with Crippen molar-refractivity contribution in [1.82, 2.24) is 4.90 Å². The number of nitrogens with zero attached hydrogens (tertiary/aromatic N) is 2. The van der Waals surface area contributed by atoms with Crippen LogP contribution in [0.1, 0.15) is 33.1 Å². The van der Waals surface area contributed by atoms with Crippen LogP contribution in [-0.4, -0.2) is 61.7 Å². The van der Waals surface area contributed by atoms with Crippen molar-refractivity contribution in [2.24, 2.45) is 5.92 Å². The van der Waals surface area contributed by atoms with E-state index in [0.717, 1.165) is 12.2 Å². The summed E-state index contributed by atoms with van der Waals surface area (Å²) in [6, 6.07) is 14.2. The SMILES string of the molecule is CC1CN(c2ccc(NC(=O)C3CCCN(C(=O)CCOc4ccccc4)C3)cc2F)CC(C)O1. The number of carbonyl (C=O) groups excluding carboxylic acids is 2. The molecule has 3 atom stereocenters. The van der Waals surface area contributed by atoms with Crippen molar-refractivity contribution in [3.63, 3.8) is 0 Å². The fourth-order valence-corrected chi connectivity index (χ4v) is 4.81. The molecule has 2 aliphatic heterocycles. The first-order valence-electron chi connectivity index (χ1n) is 12.4. The Morgan fingerprint density at radius 1 is 1.09 bits per heavy atom. The monoisotopic (exact) mass is 483 g/mol. The molecule has 2 heterocycles. The van der Waals surface area contributed by atoms with Crippen molar-refractivity contribution >= 4 is 23.2 Å². The maximum atomic E-state index is 14.9. The molecular formula is C27H34FN3O4. The summed E-state index contributed by atoms with van der Waals surface area (Å²) in [4.78, 5) is 29.2. The fraction of sp³-hybridized carbons (Fsp3) is 0.481. The Hall–Kier alpha value is -3.13. The number of rotatable bonds is 7. The molecular weight excluding hydrogens is 449 g/mol. The molecule has 0 aliphatic carbocycles. The number of likely N-dealkylation sites (tertiary alicyclic amines) is 1. The molecule has 188 valence electrons. The highest BCUT2D eigenvalue weighted by molar-refractivity contribution is 5.93. The van der Waals surface area contributed by atoms with Gasteiger partial charge in [0.1, 0.15) is 11.6 Å². The lowest BCUT2D eigenvalue weighted by Gasteiger charge is -2.37. The Morgan fingerprint density at radius 2 is 1.83 bits per heavy atom. The number of para-hydroxylation sites is 1. The lowest BCUT2D eigenvalue weighted by molar-refractivity contribution is -0.135. The summed E-state index contributed by atoms with van der Waals surface area (Å²) >= 11 is 0. The van der Waals surface area contributed by atoms with Crippen LogP contribution >= 0.6 is 0 Å². The Balaban J connectivity index is 1.29. The summed E-state index contributed by atoms with van der Waals surface area (Å²) in [5, 5.41) is 2.84. The van der Waals surface area contributed by atoms with E-state index in [0.29, 0.717) is 50.6 Å². The van der Waals surface area contributed by atoms with Crippen LogP contribution in [0.15, 0.2) is 48.5 Å². The van der Waals surface area contributed by atoms with Gasteiger partial charge in [-0.3, -0.25) is 9.59 Å². The van der Waals surface area contributed by atoms with Crippen LogP contribution in [0.2, 0.25) is 0 Å². The first-order chi connectivity index (χ1) is 16.9. The molecule has 2 amide bonds. The third-order valence-corrected chi connectivity index (χ3v) is 6.45. The van der Waals surface area contributed by atoms with Crippen molar-refractivity contribution < 1.29 is 23.5 Å². The van der Waals surface area contributed by atoms with Gasteiger partial charge >= 0.3 is 0 Å². The molecule has 4 rings (SSSR count). The van der Waals surface area contributed by atoms with Crippen LogP contribution in [0.5, 0.6) is 5.75 Å². The minimum absolute atomic E-state index is 0.0252. The van der Waals surface area contributed by atoms with Crippen LogP contribution in [0.3, 0.4) is 0 Å². The summed E-state index contributed by atoms with van der Waals surface area (Å²) in [6.07, 6.45) is 1.76. The average Bonchev–Trinajstić information content (AvgIpc) is 2.84. The van der Waals surface area contributed by atoms with Crippen LogP contribution in [0, 0.1) is 11.7 Å². The van der Waals surface area contributed by atoms with Gasteiger partial charge < -0.3 is 24.6 Å². The highest BCUT2D eigenvalue weighted by Crippen LogP contribution is 2.27. The van der Waals surface area contributed by atoms with Gasteiger partial charge in [-0.15, -0.1) is 0 Å². The Labute approximate surface area is 206 Å². The lowest BCUT2D eigenvalue weighted by Crippen LogP contribution is -2.45. The Bertz CT molecular complexity index is 1010. The molecule has 2 fully saturated rings. The minimum atomic E-state index is -0.372. The predicted molar refractivity (Wildman–Crippen MR) is 133 cm³/mol. The van der Waals surface area contributed by atoms with Gasteiger partial charge in [0.05, 0.1) is 36.8 Å². The summed E-state index contributed by atoms with van der Waals surface area (Å²) in [5.74, 6) is -0.187. The summed E-state index contributed by atoms with van der Waals surface area (Å²) < 4.78 is 26.2. The average molecular weight is 484 g/mol. The number of piperidine rings is 1. The molecule has 2 aromatic rings. The van der Waals surface area contributed by atoms with Gasteiger partial charge in [0.2, 0.25) is 11.8 Å². The van der Waals surface area contributed by atoms with Crippen molar-refractivity contribution in [3.8, 4) is 5.75 Å². The first kappa shape index (κ1) is 25.0. The molecule has 2 aliphatic rings. The van der Waals surface area contributed by atoms with Gasteiger partial charge in [0.15, 0.2) is 0 Å². The first-order valence-corrected chi connectivity index (χ1v) is 12.4. The van der Waals surface area contributed by atoms with Crippen molar-refractivity contribution in [3.05, 3.63) is 54.3 Å². The molecule has 1 N–H and O–H groups in total. The second-order valence-corrected chi connectivity index (χ2v) is 9.41. The van der Waals surface area contributed by atoms with E-state index in [-0.39, 0.29) is 42.2 Å². The zero-order valence-corrected chi connectivity index (χ0v) is 20.4. The fourth-order valence-electron chi connectivity index (χ4n) is 4.81. The van der Waals surface area contributed by atoms with E-state index in [4.69, 9.17) is 9.47 Å². The minimum Gasteiger partial charge on any atom is -0.493 e. The number of hydrogen-bond donors (Lipinski definition) is 1. The molecule has 7 nitrogen and oxygen atoms in total. The number of anilines is 2. The highest BCUT2D eigenvalue weighted by Gasteiger charge is 2.29. The zero-order chi connectivity index (χ0) is 24.8. The molecule has 2 aromatic carbocycles. The molecule has 2 saturated heterocycles. The van der Waals surface area contributed by atoms with Crippen LogP contribution < -0.4 is 15.0 Å². The van der Waals surface area contributed by atoms with Crippen molar-refractivity contribution in [1.29, 1.82) is 0 Å². The smallest absolute Gasteiger partial charge is 0.229 e. The molecule has 8 heteroatoms. The predicted octanol–water partition coefficient (Wildman–Crippen LogP) is 4.09. The molecule has 35 heavy (non-hydrogen) atoms. The summed E-state index contributed by atoms with van der Waals surface area (Å²) in [7, 11) is 0. The molecule has 0 saturated carbocycles. The molecule has 0 bridgehead atoms. The Kier molecular flexibility index (Phi) is 8.23. The van der Waals surface area contributed by atoms with E-state index in [1.165, 1.54) is 6.07 Å². The molecule has 0 radical (unpaired) electrons. The maximum Gasteiger partial charge on any atom is 0.229 e. The topological polar surface area (TPSA) is 71.1 Å². The molecule has 0 aromatic heterocycles. The number of ether oxygens (including phenoxy) is 2. The number of benzene rings is 2.